The zero-order valence-electron chi connectivity index (χ0n) is 9.61. The van der Waals surface area contributed by atoms with Crippen LogP contribution in [-0.4, -0.2) is 27.2 Å². The molecule has 0 aliphatic rings. The SMILES string of the molecule is C=CCOc1cccc(-n2cnc(C(=O)O)c2)c1. The van der Waals surface area contributed by atoms with E-state index < -0.39 is 5.97 Å². The molecule has 5 nitrogen and oxygen atoms in total. The second-order valence-corrected chi connectivity index (χ2v) is 3.57. The molecule has 1 aromatic carbocycles. The van der Waals surface area contributed by atoms with Crippen LogP contribution in [0.15, 0.2) is 49.4 Å². The van der Waals surface area contributed by atoms with Gasteiger partial charge in [-0.25, -0.2) is 9.78 Å². The molecule has 0 amide bonds. The standard InChI is InChI=1S/C13H12N2O3/c1-2-6-18-11-5-3-4-10(7-11)15-8-12(13(16)17)14-9-15/h2-5,7-9H,1,6H2,(H,16,17). The van der Waals surface area contributed by atoms with E-state index in [1.165, 1.54) is 12.5 Å². The Labute approximate surface area is 104 Å². The number of aromatic nitrogens is 2. The highest BCUT2D eigenvalue weighted by molar-refractivity contribution is 5.85. The molecular formula is C13H12N2O3. The van der Waals surface area contributed by atoms with E-state index in [1.54, 1.807) is 16.7 Å². The van der Waals surface area contributed by atoms with Crippen LogP contribution in [0.1, 0.15) is 10.5 Å². The van der Waals surface area contributed by atoms with Gasteiger partial charge in [0.05, 0.1) is 5.69 Å². The number of imidazole rings is 1. The van der Waals surface area contributed by atoms with E-state index in [1.807, 2.05) is 18.2 Å². The predicted octanol–water partition coefficient (Wildman–Crippen LogP) is 2.14. The van der Waals surface area contributed by atoms with Gasteiger partial charge in [0.15, 0.2) is 5.69 Å². The van der Waals surface area contributed by atoms with Gasteiger partial charge in [-0.05, 0) is 12.1 Å². The third-order valence-corrected chi connectivity index (χ3v) is 2.29. The van der Waals surface area contributed by atoms with E-state index in [4.69, 9.17) is 9.84 Å². The van der Waals surface area contributed by atoms with E-state index in [9.17, 15) is 4.79 Å². The Hall–Kier alpha value is -2.56. The molecule has 5 heteroatoms. The quantitative estimate of drug-likeness (QED) is 0.818. The number of rotatable bonds is 5. The molecule has 0 atom stereocenters. The summed E-state index contributed by atoms with van der Waals surface area (Å²) in [5.74, 6) is -0.356. The predicted molar refractivity (Wildman–Crippen MR) is 66.2 cm³/mol. The Kier molecular flexibility index (Phi) is 3.43. The number of nitrogens with zero attached hydrogens (tertiary/aromatic N) is 2. The average molecular weight is 244 g/mol. The smallest absolute Gasteiger partial charge is 0.356 e. The van der Waals surface area contributed by atoms with E-state index in [-0.39, 0.29) is 5.69 Å². The van der Waals surface area contributed by atoms with Gasteiger partial charge in [-0.2, -0.15) is 0 Å². The Bertz CT molecular complexity index is 575. The van der Waals surface area contributed by atoms with Gasteiger partial charge in [0.2, 0.25) is 0 Å². The van der Waals surface area contributed by atoms with Crippen molar-refractivity contribution in [3.05, 3.63) is 55.1 Å². The Morgan fingerprint density at radius 3 is 3.06 bits per heavy atom. The molecule has 1 aromatic heterocycles. The van der Waals surface area contributed by atoms with Crippen LogP contribution < -0.4 is 4.74 Å². The van der Waals surface area contributed by atoms with Crippen molar-refractivity contribution >= 4 is 5.97 Å². The minimum Gasteiger partial charge on any atom is -0.489 e. The average Bonchev–Trinajstić information content (AvgIpc) is 2.86. The van der Waals surface area contributed by atoms with Gasteiger partial charge < -0.3 is 14.4 Å². The summed E-state index contributed by atoms with van der Waals surface area (Å²) in [6.07, 6.45) is 4.57. The molecule has 0 bridgehead atoms. The van der Waals surface area contributed by atoms with Gasteiger partial charge in [0.25, 0.3) is 0 Å². The first-order valence-corrected chi connectivity index (χ1v) is 5.32. The van der Waals surface area contributed by atoms with Crippen molar-refractivity contribution in [1.82, 2.24) is 9.55 Å². The maximum atomic E-state index is 10.7. The summed E-state index contributed by atoms with van der Waals surface area (Å²) in [6.45, 7) is 4.00. The number of benzene rings is 1. The summed E-state index contributed by atoms with van der Waals surface area (Å²) in [5.41, 5.74) is 0.795. The molecule has 18 heavy (non-hydrogen) atoms. The molecule has 0 aliphatic heterocycles. The lowest BCUT2D eigenvalue weighted by atomic mass is 10.3. The van der Waals surface area contributed by atoms with Crippen molar-refractivity contribution in [2.75, 3.05) is 6.61 Å². The van der Waals surface area contributed by atoms with Gasteiger partial charge in [-0.1, -0.05) is 18.7 Å². The van der Waals surface area contributed by atoms with Crippen LogP contribution in [0.2, 0.25) is 0 Å². The molecule has 2 aromatic rings. The van der Waals surface area contributed by atoms with Crippen molar-refractivity contribution in [3.63, 3.8) is 0 Å². The minimum atomic E-state index is -1.05. The summed E-state index contributed by atoms with van der Waals surface area (Å²) in [5, 5.41) is 8.80. The number of carboxylic acids is 1. The maximum absolute atomic E-state index is 10.7. The molecule has 0 unspecified atom stereocenters. The second kappa shape index (κ2) is 5.18. The Morgan fingerprint density at radius 1 is 1.56 bits per heavy atom. The summed E-state index contributed by atoms with van der Waals surface area (Å²) < 4.78 is 7.03. The molecule has 0 spiro atoms. The number of hydrogen-bond acceptors (Lipinski definition) is 3. The number of carbonyl (C=O) groups is 1. The third-order valence-electron chi connectivity index (χ3n) is 2.29. The fraction of sp³-hybridized carbons (Fsp3) is 0.0769. The fourth-order valence-electron chi connectivity index (χ4n) is 1.46. The molecule has 92 valence electrons. The molecule has 0 aliphatic carbocycles. The fourth-order valence-corrected chi connectivity index (χ4v) is 1.46. The van der Waals surface area contributed by atoms with E-state index in [0.717, 1.165) is 5.69 Å². The van der Waals surface area contributed by atoms with E-state index in [2.05, 4.69) is 11.6 Å². The Balaban J connectivity index is 2.26. The van der Waals surface area contributed by atoms with Gasteiger partial charge in [0.1, 0.15) is 18.7 Å². The molecule has 0 saturated heterocycles. The van der Waals surface area contributed by atoms with Gasteiger partial charge in [0, 0.05) is 12.3 Å². The number of aromatic carboxylic acids is 1. The van der Waals surface area contributed by atoms with E-state index >= 15 is 0 Å². The maximum Gasteiger partial charge on any atom is 0.356 e. The van der Waals surface area contributed by atoms with Crippen molar-refractivity contribution in [1.29, 1.82) is 0 Å². The highest BCUT2D eigenvalue weighted by atomic mass is 16.5. The van der Waals surface area contributed by atoms with Crippen molar-refractivity contribution < 1.29 is 14.6 Å². The molecule has 2 rings (SSSR count). The molecule has 0 fully saturated rings. The Morgan fingerprint density at radius 2 is 2.39 bits per heavy atom. The topological polar surface area (TPSA) is 64.4 Å². The first-order chi connectivity index (χ1) is 8.70. The van der Waals surface area contributed by atoms with Crippen LogP contribution in [0.25, 0.3) is 5.69 Å². The van der Waals surface area contributed by atoms with Gasteiger partial charge in [-0.3, -0.25) is 0 Å². The second-order valence-electron chi connectivity index (χ2n) is 3.57. The zero-order valence-corrected chi connectivity index (χ0v) is 9.61. The summed E-state index contributed by atoms with van der Waals surface area (Å²) in [7, 11) is 0. The molecular weight excluding hydrogens is 232 g/mol. The van der Waals surface area contributed by atoms with Crippen LogP contribution in [0, 0.1) is 0 Å². The van der Waals surface area contributed by atoms with Crippen molar-refractivity contribution in [3.8, 4) is 11.4 Å². The lowest BCUT2D eigenvalue weighted by Gasteiger charge is -2.06. The molecule has 0 saturated carbocycles. The number of ether oxygens (including phenoxy) is 1. The molecule has 0 radical (unpaired) electrons. The van der Waals surface area contributed by atoms with Crippen LogP contribution in [0.3, 0.4) is 0 Å². The lowest BCUT2D eigenvalue weighted by molar-refractivity contribution is 0.0691. The van der Waals surface area contributed by atoms with Crippen LogP contribution in [0.4, 0.5) is 0 Å². The number of carboxylic acid groups (broad SMARTS) is 1. The van der Waals surface area contributed by atoms with Gasteiger partial charge >= 0.3 is 5.97 Å². The third kappa shape index (κ3) is 2.57. The normalized spacial score (nSPS) is 10.0. The van der Waals surface area contributed by atoms with Crippen LogP contribution in [-0.2, 0) is 0 Å². The van der Waals surface area contributed by atoms with Crippen molar-refractivity contribution in [2.24, 2.45) is 0 Å². The lowest BCUT2D eigenvalue weighted by Crippen LogP contribution is -1.97. The summed E-state index contributed by atoms with van der Waals surface area (Å²) in [4.78, 5) is 14.5. The van der Waals surface area contributed by atoms with Crippen LogP contribution >= 0.6 is 0 Å². The van der Waals surface area contributed by atoms with E-state index in [0.29, 0.717) is 12.4 Å². The monoisotopic (exact) mass is 244 g/mol. The first kappa shape index (κ1) is 11.9. The number of hydrogen-bond donors (Lipinski definition) is 1. The summed E-state index contributed by atoms with van der Waals surface area (Å²) >= 11 is 0. The first-order valence-electron chi connectivity index (χ1n) is 5.32. The highest BCUT2D eigenvalue weighted by Gasteiger charge is 2.07. The largest absolute Gasteiger partial charge is 0.489 e. The minimum absolute atomic E-state index is 0.00686. The van der Waals surface area contributed by atoms with Gasteiger partial charge in [-0.15, -0.1) is 0 Å². The molecule has 1 N–H and O–H groups in total. The highest BCUT2D eigenvalue weighted by Crippen LogP contribution is 2.17. The molecule has 1 heterocycles. The zero-order chi connectivity index (χ0) is 13.0. The van der Waals surface area contributed by atoms with Crippen molar-refractivity contribution in [2.45, 2.75) is 0 Å². The summed E-state index contributed by atoms with van der Waals surface area (Å²) in [6, 6.07) is 7.29. The van der Waals surface area contributed by atoms with Crippen LogP contribution in [0.5, 0.6) is 5.75 Å².